The van der Waals surface area contributed by atoms with Gasteiger partial charge in [-0.05, 0) is 44.2 Å². The van der Waals surface area contributed by atoms with E-state index in [9.17, 15) is 13.2 Å². The Hall–Kier alpha value is -1.07. The minimum absolute atomic E-state index is 0.474. The third-order valence-corrected chi connectivity index (χ3v) is 3.31. The van der Waals surface area contributed by atoms with Crippen molar-refractivity contribution in [3.8, 4) is 0 Å². The first-order valence-electron chi connectivity index (χ1n) is 7.06. The van der Waals surface area contributed by atoms with Gasteiger partial charge in [-0.3, -0.25) is 0 Å². The molecule has 0 saturated carbocycles. The second-order valence-electron chi connectivity index (χ2n) is 4.76. The lowest BCUT2D eigenvalue weighted by Gasteiger charge is -2.17. The maximum atomic E-state index is 12.6. The Morgan fingerprint density at radius 3 is 2.45 bits per heavy atom. The van der Waals surface area contributed by atoms with Crippen molar-refractivity contribution in [1.29, 1.82) is 0 Å². The molecule has 0 unspecified atom stereocenters. The number of nitrogens with zero attached hydrogens (tertiary/aromatic N) is 1. The Labute approximate surface area is 119 Å². The van der Waals surface area contributed by atoms with Crippen molar-refractivity contribution in [3.05, 3.63) is 35.4 Å². The second kappa shape index (κ2) is 8.27. The molecule has 0 saturated heterocycles. The SMILES string of the molecule is CCN(CC)CCCNCc1cccc(C(F)(F)F)c1. The molecule has 114 valence electrons. The minimum Gasteiger partial charge on any atom is -0.313 e. The molecule has 0 aliphatic rings. The van der Waals surface area contributed by atoms with Crippen molar-refractivity contribution in [1.82, 2.24) is 10.2 Å². The number of benzene rings is 1. The van der Waals surface area contributed by atoms with Gasteiger partial charge in [0.15, 0.2) is 0 Å². The lowest BCUT2D eigenvalue weighted by molar-refractivity contribution is -0.137. The number of hydrogen-bond donors (Lipinski definition) is 1. The van der Waals surface area contributed by atoms with Crippen LogP contribution < -0.4 is 5.32 Å². The summed E-state index contributed by atoms with van der Waals surface area (Å²) < 4.78 is 37.7. The standard InChI is InChI=1S/C15H23F3N2/c1-3-20(4-2)10-6-9-19-12-13-7-5-8-14(11-13)15(16,17)18/h5,7-8,11,19H,3-4,6,9-10,12H2,1-2H3. The van der Waals surface area contributed by atoms with Crippen molar-refractivity contribution in [3.63, 3.8) is 0 Å². The molecule has 0 atom stereocenters. The zero-order valence-electron chi connectivity index (χ0n) is 12.1. The lowest BCUT2D eigenvalue weighted by Crippen LogP contribution is -2.27. The summed E-state index contributed by atoms with van der Waals surface area (Å²) in [5.41, 5.74) is 0.0857. The Kier molecular flexibility index (Phi) is 7.02. The monoisotopic (exact) mass is 288 g/mol. The summed E-state index contributed by atoms with van der Waals surface area (Å²) in [6.07, 6.45) is -3.26. The van der Waals surface area contributed by atoms with Crippen molar-refractivity contribution in [2.45, 2.75) is 33.0 Å². The molecule has 0 amide bonds. The van der Waals surface area contributed by atoms with E-state index in [2.05, 4.69) is 24.1 Å². The number of hydrogen-bond acceptors (Lipinski definition) is 2. The van der Waals surface area contributed by atoms with Crippen molar-refractivity contribution in [2.75, 3.05) is 26.2 Å². The normalized spacial score (nSPS) is 12.1. The summed E-state index contributed by atoms with van der Waals surface area (Å²) in [4.78, 5) is 2.33. The van der Waals surface area contributed by atoms with Crippen molar-refractivity contribution >= 4 is 0 Å². The van der Waals surface area contributed by atoms with E-state index >= 15 is 0 Å². The molecule has 0 aliphatic carbocycles. The molecule has 0 radical (unpaired) electrons. The Morgan fingerprint density at radius 2 is 1.85 bits per heavy atom. The molecule has 0 bridgehead atoms. The average Bonchev–Trinajstić information content (AvgIpc) is 2.42. The van der Waals surface area contributed by atoms with E-state index in [4.69, 9.17) is 0 Å². The highest BCUT2D eigenvalue weighted by molar-refractivity contribution is 5.25. The van der Waals surface area contributed by atoms with Gasteiger partial charge in [0, 0.05) is 6.54 Å². The van der Waals surface area contributed by atoms with E-state index < -0.39 is 11.7 Å². The lowest BCUT2D eigenvalue weighted by atomic mass is 10.1. The van der Waals surface area contributed by atoms with Crippen LogP contribution in [-0.2, 0) is 12.7 Å². The van der Waals surface area contributed by atoms with Crippen LogP contribution in [0.1, 0.15) is 31.4 Å². The number of halogens is 3. The third-order valence-electron chi connectivity index (χ3n) is 3.31. The van der Waals surface area contributed by atoms with E-state index in [-0.39, 0.29) is 0 Å². The quantitative estimate of drug-likeness (QED) is 0.736. The first-order valence-corrected chi connectivity index (χ1v) is 7.06. The molecule has 1 aromatic carbocycles. The van der Waals surface area contributed by atoms with Gasteiger partial charge in [0.2, 0.25) is 0 Å². The highest BCUT2D eigenvalue weighted by Crippen LogP contribution is 2.29. The van der Waals surface area contributed by atoms with Crippen LogP contribution in [0.15, 0.2) is 24.3 Å². The van der Waals surface area contributed by atoms with Gasteiger partial charge in [0.05, 0.1) is 5.56 Å². The van der Waals surface area contributed by atoms with Gasteiger partial charge in [0.1, 0.15) is 0 Å². The fraction of sp³-hybridized carbons (Fsp3) is 0.600. The number of alkyl halides is 3. The smallest absolute Gasteiger partial charge is 0.313 e. The first kappa shape index (κ1) is 17.0. The zero-order valence-corrected chi connectivity index (χ0v) is 12.1. The van der Waals surface area contributed by atoms with Crippen LogP contribution in [-0.4, -0.2) is 31.1 Å². The van der Waals surface area contributed by atoms with Crippen molar-refractivity contribution < 1.29 is 13.2 Å². The largest absolute Gasteiger partial charge is 0.416 e. The predicted octanol–water partition coefficient (Wildman–Crippen LogP) is 3.53. The maximum absolute atomic E-state index is 12.6. The molecule has 0 heterocycles. The average molecular weight is 288 g/mol. The molecular weight excluding hydrogens is 265 g/mol. The summed E-state index contributed by atoms with van der Waals surface area (Å²) in [7, 11) is 0. The molecule has 0 fully saturated rings. The number of nitrogens with one attached hydrogen (secondary N) is 1. The summed E-state index contributed by atoms with van der Waals surface area (Å²) in [6, 6.07) is 5.48. The maximum Gasteiger partial charge on any atom is 0.416 e. The minimum atomic E-state index is -4.27. The van der Waals surface area contributed by atoms with Crippen molar-refractivity contribution in [2.24, 2.45) is 0 Å². The first-order chi connectivity index (χ1) is 9.47. The van der Waals surface area contributed by atoms with Crippen LogP contribution in [0.25, 0.3) is 0 Å². The Morgan fingerprint density at radius 1 is 1.15 bits per heavy atom. The van der Waals surface area contributed by atoms with Gasteiger partial charge in [-0.25, -0.2) is 0 Å². The Balaban J connectivity index is 2.32. The highest BCUT2D eigenvalue weighted by atomic mass is 19.4. The van der Waals surface area contributed by atoms with E-state index in [1.165, 1.54) is 12.1 Å². The van der Waals surface area contributed by atoms with Crippen LogP contribution in [0.4, 0.5) is 13.2 Å². The van der Waals surface area contributed by atoms with Gasteiger partial charge >= 0.3 is 6.18 Å². The molecule has 1 N–H and O–H groups in total. The van der Waals surface area contributed by atoms with Gasteiger partial charge in [-0.2, -0.15) is 13.2 Å². The van der Waals surface area contributed by atoms with E-state index in [0.29, 0.717) is 12.1 Å². The van der Waals surface area contributed by atoms with Crippen LogP contribution in [0.2, 0.25) is 0 Å². The molecule has 20 heavy (non-hydrogen) atoms. The molecule has 0 aromatic heterocycles. The second-order valence-corrected chi connectivity index (χ2v) is 4.76. The van der Waals surface area contributed by atoms with Gasteiger partial charge in [0.25, 0.3) is 0 Å². The molecule has 0 spiro atoms. The fourth-order valence-electron chi connectivity index (χ4n) is 2.06. The Bertz CT molecular complexity index is 387. The topological polar surface area (TPSA) is 15.3 Å². The summed E-state index contributed by atoms with van der Waals surface area (Å²) in [5.74, 6) is 0. The highest BCUT2D eigenvalue weighted by Gasteiger charge is 2.30. The summed E-state index contributed by atoms with van der Waals surface area (Å²) in [6.45, 7) is 8.62. The molecule has 2 nitrogen and oxygen atoms in total. The number of rotatable bonds is 8. The van der Waals surface area contributed by atoms with E-state index in [1.54, 1.807) is 6.07 Å². The predicted molar refractivity (Wildman–Crippen MR) is 75.6 cm³/mol. The third kappa shape index (κ3) is 5.92. The molecular formula is C15H23F3N2. The summed E-state index contributed by atoms with van der Waals surface area (Å²) >= 11 is 0. The van der Waals surface area contributed by atoms with E-state index in [1.807, 2.05) is 0 Å². The fourth-order valence-corrected chi connectivity index (χ4v) is 2.06. The molecule has 1 aromatic rings. The van der Waals surface area contributed by atoms with Gasteiger partial charge in [-0.1, -0.05) is 32.0 Å². The van der Waals surface area contributed by atoms with Gasteiger partial charge < -0.3 is 10.2 Å². The molecule has 5 heteroatoms. The van der Waals surface area contributed by atoms with Crippen LogP contribution in [0, 0.1) is 0 Å². The molecule has 0 aliphatic heterocycles. The van der Waals surface area contributed by atoms with Crippen LogP contribution >= 0.6 is 0 Å². The van der Waals surface area contributed by atoms with Crippen LogP contribution in [0.3, 0.4) is 0 Å². The zero-order chi connectivity index (χ0) is 15.0. The molecule has 1 rings (SSSR count). The van der Waals surface area contributed by atoms with Crippen LogP contribution in [0.5, 0.6) is 0 Å². The summed E-state index contributed by atoms with van der Waals surface area (Å²) in [5, 5.41) is 3.19. The van der Waals surface area contributed by atoms with Gasteiger partial charge in [-0.15, -0.1) is 0 Å². The van der Waals surface area contributed by atoms with E-state index in [0.717, 1.165) is 38.7 Å².